The molecular formula is C9H15ClN4OS. The summed E-state index contributed by atoms with van der Waals surface area (Å²) in [6.45, 7) is 2.82. The predicted octanol–water partition coefficient (Wildman–Crippen LogP) is 0.689. The minimum absolute atomic E-state index is 0. The lowest BCUT2D eigenvalue weighted by molar-refractivity contribution is 0.0941. The summed E-state index contributed by atoms with van der Waals surface area (Å²) in [7, 11) is 0. The van der Waals surface area contributed by atoms with Crippen molar-refractivity contribution < 1.29 is 4.79 Å². The Labute approximate surface area is 105 Å². The third-order valence-corrected chi connectivity index (χ3v) is 3.02. The van der Waals surface area contributed by atoms with E-state index < -0.39 is 0 Å². The van der Waals surface area contributed by atoms with Gasteiger partial charge in [-0.05, 0) is 31.8 Å². The molecule has 1 unspecified atom stereocenters. The van der Waals surface area contributed by atoms with Gasteiger partial charge in [0.15, 0.2) is 5.69 Å². The average Bonchev–Trinajstić information content (AvgIpc) is 2.81. The van der Waals surface area contributed by atoms with E-state index in [1.165, 1.54) is 19.0 Å². The van der Waals surface area contributed by atoms with Crippen LogP contribution in [0.25, 0.3) is 0 Å². The van der Waals surface area contributed by atoms with Gasteiger partial charge in [0.1, 0.15) is 0 Å². The number of hydrogen-bond donors (Lipinski definition) is 2. The van der Waals surface area contributed by atoms with Crippen LogP contribution < -0.4 is 10.6 Å². The minimum Gasteiger partial charge on any atom is -0.350 e. The fourth-order valence-corrected chi connectivity index (χ4v) is 2.10. The Morgan fingerprint density at radius 2 is 2.56 bits per heavy atom. The van der Waals surface area contributed by atoms with Crippen LogP contribution in [0.3, 0.4) is 0 Å². The molecule has 0 spiro atoms. The summed E-state index contributed by atoms with van der Waals surface area (Å²) in [5.74, 6) is 0.434. The first-order valence-electron chi connectivity index (χ1n) is 5.13. The van der Waals surface area contributed by atoms with Crippen LogP contribution in [0.1, 0.15) is 23.3 Å². The molecule has 0 aliphatic carbocycles. The van der Waals surface area contributed by atoms with Crippen molar-refractivity contribution in [2.24, 2.45) is 5.92 Å². The largest absolute Gasteiger partial charge is 0.350 e. The van der Waals surface area contributed by atoms with Crippen molar-refractivity contribution in [2.75, 3.05) is 19.6 Å². The van der Waals surface area contributed by atoms with Gasteiger partial charge >= 0.3 is 0 Å². The van der Waals surface area contributed by atoms with E-state index in [2.05, 4.69) is 19.4 Å². The number of amides is 1. The van der Waals surface area contributed by atoms with E-state index in [4.69, 9.17) is 0 Å². The summed E-state index contributed by atoms with van der Waals surface area (Å²) >= 11 is 1.06. The predicted molar refractivity (Wildman–Crippen MR) is 65.1 cm³/mol. The molecule has 1 saturated heterocycles. The molecular weight excluding hydrogens is 248 g/mol. The second-order valence-electron chi connectivity index (χ2n) is 3.72. The average molecular weight is 263 g/mol. The van der Waals surface area contributed by atoms with Crippen LogP contribution in [-0.4, -0.2) is 34.3 Å². The van der Waals surface area contributed by atoms with E-state index in [0.29, 0.717) is 11.6 Å². The highest BCUT2D eigenvalue weighted by Crippen LogP contribution is 2.08. The molecule has 5 nitrogen and oxygen atoms in total. The Morgan fingerprint density at radius 1 is 1.69 bits per heavy atom. The van der Waals surface area contributed by atoms with Crippen molar-refractivity contribution in [1.29, 1.82) is 0 Å². The topological polar surface area (TPSA) is 66.9 Å². The van der Waals surface area contributed by atoms with Crippen LogP contribution in [0, 0.1) is 5.92 Å². The van der Waals surface area contributed by atoms with Gasteiger partial charge in [0, 0.05) is 6.54 Å². The molecule has 90 valence electrons. The maximum atomic E-state index is 11.5. The van der Waals surface area contributed by atoms with Crippen LogP contribution in [-0.2, 0) is 0 Å². The van der Waals surface area contributed by atoms with Crippen molar-refractivity contribution in [1.82, 2.24) is 19.4 Å². The third kappa shape index (κ3) is 3.70. The number of nitrogens with zero attached hydrogens (tertiary/aromatic N) is 2. The number of rotatable bonds is 3. The van der Waals surface area contributed by atoms with Gasteiger partial charge in [-0.2, -0.15) is 8.75 Å². The number of halogens is 1. The lowest BCUT2D eigenvalue weighted by Gasteiger charge is -2.22. The number of nitrogens with one attached hydrogen (secondary N) is 2. The van der Waals surface area contributed by atoms with Crippen molar-refractivity contribution in [3.05, 3.63) is 11.9 Å². The highest BCUT2D eigenvalue weighted by atomic mass is 35.5. The fraction of sp³-hybridized carbons (Fsp3) is 0.667. The van der Waals surface area contributed by atoms with Crippen LogP contribution in [0.4, 0.5) is 0 Å². The van der Waals surface area contributed by atoms with Gasteiger partial charge in [-0.3, -0.25) is 4.79 Å². The molecule has 0 aromatic carbocycles. The summed E-state index contributed by atoms with van der Waals surface area (Å²) < 4.78 is 7.68. The Morgan fingerprint density at radius 3 is 3.19 bits per heavy atom. The van der Waals surface area contributed by atoms with E-state index in [0.717, 1.165) is 31.4 Å². The highest BCUT2D eigenvalue weighted by Gasteiger charge is 2.15. The summed E-state index contributed by atoms with van der Waals surface area (Å²) in [6.07, 6.45) is 3.88. The lowest BCUT2D eigenvalue weighted by Crippen LogP contribution is -2.38. The molecule has 1 fully saturated rings. The Kier molecular flexibility index (Phi) is 5.65. The molecule has 2 rings (SSSR count). The number of aromatic nitrogens is 2. The first kappa shape index (κ1) is 13.3. The minimum atomic E-state index is -0.116. The number of carbonyl (C=O) groups excluding carboxylic acids is 1. The van der Waals surface area contributed by atoms with Gasteiger partial charge in [0.05, 0.1) is 17.9 Å². The van der Waals surface area contributed by atoms with Gasteiger partial charge in [0.25, 0.3) is 5.91 Å². The maximum Gasteiger partial charge on any atom is 0.272 e. The van der Waals surface area contributed by atoms with Gasteiger partial charge < -0.3 is 10.6 Å². The zero-order chi connectivity index (χ0) is 10.5. The normalized spacial score (nSPS) is 19.9. The highest BCUT2D eigenvalue weighted by molar-refractivity contribution is 6.99. The van der Waals surface area contributed by atoms with E-state index in [-0.39, 0.29) is 18.3 Å². The molecule has 1 amide bonds. The molecule has 2 N–H and O–H groups in total. The monoisotopic (exact) mass is 262 g/mol. The van der Waals surface area contributed by atoms with Crippen LogP contribution in [0.2, 0.25) is 0 Å². The first-order chi connectivity index (χ1) is 7.36. The van der Waals surface area contributed by atoms with Crippen LogP contribution in [0.15, 0.2) is 6.20 Å². The molecule has 0 saturated carbocycles. The van der Waals surface area contributed by atoms with Crippen molar-refractivity contribution in [2.45, 2.75) is 12.8 Å². The van der Waals surface area contributed by atoms with Crippen molar-refractivity contribution >= 4 is 30.0 Å². The second-order valence-corrected chi connectivity index (χ2v) is 4.27. The molecule has 1 atom stereocenters. The molecule has 0 bridgehead atoms. The molecule has 7 heteroatoms. The Hall–Kier alpha value is -0.720. The standard InChI is InChI=1S/C9H14N4OS.ClH/c14-9(8-6-12-15-13-8)11-5-7-2-1-3-10-4-7;/h6-7,10H,1-5H2,(H,11,14);1H. The Balaban J connectivity index is 0.00000128. The molecule has 1 aliphatic heterocycles. The van der Waals surface area contributed by atoms with Crippen molar-refractivity contribution in [3.8, 4) is 0 Å². The SMILES string of the molecule is Cl.O=C(NCC1CCCNC1)c1cnsn1. The molecule has 2 heterocycles. The van der Waals surface area contributed by atoms with Crippen LogP contribution >= 0.6 is 24.1 Å². The molecule has 1 aliphatic rings. The summed E-state index contributed by atoms with van der Waals surface area (Å²) in [6, 6.07) is 0. The smallest absolute Gasteiger partial charge is 0.272 e. The van der Waals surface area contributed by atoms with Gasteiger partial charge in [-0.25, -0.2) is 0 Å². The first-order valence-corrected chi connectivity index (χ1v) is 5.86. The second kappa shape index (κ2) is 6.78. The molecule has 0 radical (unpaired) electrons. The fourth-order valence-electron chi connectivity index (χ4n) is 1.69. The Bertz CT molecular complexity index is 313. The summed E-state index contributed by atoms with van der Waals surface area (Å²) in [4.78, 5) is 11.5. The van der Waals surface area contributed by atoms with E-state index >= 15 is 0 Å². The zero-order valence-electron chi connectivity index (χ0n) is 8.81. The number of piperidine rings is 1. The molecule has 1 aromatic rings. The maximum absolute atomic E-state index is 11.5. The van der Waals surface area contributed by atoms with E-state index in [1.54, 1.807) is 0 Å². The van der Waals surface area contributed by atoms with Gasteiger partial charge in [0.2, 0.25) is 0 Å². The molecule has 16 heavy (non-hydrogen) atoms. The zero-order valence-corrected chi connectivity index (χ0v) is 10.4. The number of carbonyl (C=O) groups is 1. The summed E-state index contributed by atoms with van der Waals surface area (Å²) in [5, 5.41) is 6.20. The van der Waals surface area contributed by atoms with E-state index in [1.807, 2.05) is 0 Å². The third-order valence-electron chi connectivity index (χ3n) is 2.54. The van der Waals surface area contributed by atoms with Crippen molar-refractivity contribution in [3.63, 3.8) is 0 Å². The van der Waals surface area contributed by atoms with Gasteiger partial charge in [-0.1, -0.05) is 0 Å². The van der Waals surface area contributed by atoms with Gasteiger partial charge in [-0.15, -0.1) is 12.4 Å². The quantitative estimate of drug-likeness (QED) is 0.841. The van der Waals surface area contributed by atoms with Crippen LogP contribution in [0.5, 0.6) is 0 Å². The molecule has 1 aromatic heterocycles. The summed E-state index contributed by atoms with van der Waals surface area (Å²) in [5.41, 5.74) is 0.420. The van der Waals surface area contributed by atoms with E-state index in [9.17, 15) is 4.79 Å². The number of hydrogen-bond acceptors (Lipinski definition) is 5. The lowest BCUT2D eigenvalue weighted by atomic mass is 10.00.